The zero-order valence-electron chi connectivity index (χ0n) is 16.0. The van der Waals surface area contributed by atoms with Gasteiger partial charge in [-0.05, 0) is 49.9 Å². The molecule has 6 heteroatoms. The topological polar surface area (TPSA) is 50.8 Å². The quantitative estimate of drug-likeness (QED) is 0.723. The van der Waals surface area contributed by atoms with Gasteiger partial charge in [-0.15, -0.1) is 11.8 Å². The Bertz CT molecular complexity index is 797. The minimum Gasteiger partial charge on any atom is -0.497 e. The standard InChI is InChI=1S/C21H26N2O3S/c1-25-16-9-10-18(20(13-16)26-2)19-8-5-11-23(19)14-21(24)22-15-6-4-7-17(12-15)27-3/h4,6-7,9-10,12-13,19H,5,8,11,14H2,1-3H3,(H,22,24). The van der Waals surface area contributed by atoms with E-state index in [-0.39, 0.29) is 11.9 Å². The van der Waals surface area contributed by atoms with Gasteiger partial charge in [0, 0.05) is 28.3 Å². The molecule has 1 aliphatic rings. The van der Waals surface area contributed by atoms with Gasteiger partial charge in [-0.2, -0.15) is 0 Å². The number of hydrogen-bond donors (Lipinski definition) is 1. The molecule has 0 saturated carbocycles. The van der Waals surface area contributed by atoms with Crippen molar-refractivity contribution in [2.75, 3.05) is 38.9 Å². The molecule has 2 aromatic rings. The van der Waals surface area contributed by atoms with Gasteiger partial charge in [-0.1, -0.05) is 12.1 Å². The fourth-order valence-electron chi connectivity index (χ4n) is 3.55. The Labute approximate surface area is 165 Å². The van der Waals surface area contributed by atoms with E-state index in [1.165, 1.54) is 0 Å². The lowest BCUT2D eigenvalue weighted by Crippen LogP contribution is -2.33. The van der Waals surface area contributed by atoms with E-state index in [9.17, 15) is 4.79 Å². The van der Waals surface area contributed by atoms with Crippen molar-refractivity contribution in [1.29, 1.82) is 0 Å². The SMILES string of the molecule is COc1ccc(C2CCCN2CC(=O)Nc2cccc(SC)c2)c(OC)c1. The molecule has 1 fully saturated rings. The van der Waals surface area contributed by atoms with Crippen LogP contribution >= 0.6 is 11.8 Å². The molecule has 3 rings (SSSR count). The van der Waals surface area contributed by atoms with Gasteiger partial charge < -0.3 is 14.8 Å². The molecule has 0 spiro atoms. The summed E-state index contributed by atoms with van der Waals surface area (Å²) >= 11 is 1.66. The monoisotopic (exact) mass is 386 g/mol. The van der Waals surface area contributed by atoms with Crippen molar-refractivity contribution in [3.63, 3.8) is 0 Å². The second-order valence-electron chi connectivity index (χ2n) is 6.52. The lowest BCUT2D eigenvalue weighted by Gasteiger charge is -2.26. The molecule has 1 saturated heterocycles. The number of hydrogen-bond acceptors (Lipinski definition) is 5. The van der Waals surface area contributed by atoms with Crippen molar-refractivity contribution in [1.82, 2.24) is 4.90 Å². The van der Waals surface area contributed by atoms with Gasteiger partial charge in [0.2, 0.25) is 5.91 Å². The molecule has 1 atom stereocenters. The van der Waals surface area contributed by atoms with Gasteiger partial charge in [0.15, 0.2) is 0 Å². The van der Waals surface area contributed by atoms with Crippen LogP contribution in [0.2, 0.25) is 0 Å². The Hall–Kier alpha value is -2.18. The minimum atomic E-state index is 0.00707. The van der Waals surface area contributed by atoms with Crippen molar-refractivity contribution in [3.8, 4) is 11.5 Å². The molecule has 0 bridgehead atoms. The van der Waals surface area contributed by atoms with Gasteiger partial charge >= 0.3 is 0 Å². The number of nitrogens with one attached hydrogen (secondary N) is 1. The number of carbonyl (C=O) groups is 1. The highest BCUT2D eigenvalue weighted by atomic mass is 32.2. The molecule has 1 N–H and O–H groups in total. The summed E-state index contributed by atoms with van der Waals surface area (Å²) in [5.74, 6) is 1.58. The molecule has 0 aromatic heterocycles. The van der Waals surface area contributed by atoms with Gasteiger partial charge in [0.25, 0.3) is 0 Å². The average molecular weight is 387 g/mol. The number of ether oxygens (including phenoxy) is 2. The average Bonchev–Trinajstić information content (AvgIpc) is 3.15. The fraction of sp³-hybridized carbons (Fsp3) is 0.381. The second kappa shape index (κ2) is 9.15. The first kappa shape index (κ1) is 19.6. The predicted octanol–water partition coefficient (Wildman–Crippen LogP) is 4.20. The second-order valence-corrected chi connectivity index (χ2v) is 7.40. The van der Waals surface area contributed by atoms with Gasteiger partial charge in [-0.3, -0.25) is 9.69 Å². The Balaban J connectivity index is 1.70. The van der Waals surface area contributed by atoms with Gasteiger partial charge in [0.05, 0.1) is 20.8 Å². The lowest BCUT2D eigenvalue weighted by molar-refractivity contribution is -0.117. The molecule has 144 valence electrons. The number of methoxy groups -OCH3 is 2. The summed E-state index contributed by atoms with van der Waals surface area (Å²) < 4.78 is 10.9. The highest BCUT2D eigenvalue weighted by Crippen LogP contribution is 2.38. The largest absolute Gasteiger partial charge is 0.497 e. The van der Waals surface area contributed by atoms with Crippen LogP contribution < -0.4 is 14.8 Å². The summed E-state index contributed by atoms with van der Waals surface area (Å²) in [6, 6.07) is 14.0. The zero-order chi connectivity index (χ0) is 19.2. The van der Waals surface area contributed by atoms with E-state index in [1.807, 2.05) is 48.7 Å². The molecule has 5 nitrogen and oxygen atoms in total. The number of nitrogens with zero attached hydrogens (tertiary/aromatic N) is 1. The molecule has 27 heavy (non-hydrogen) atoms. The van der Waals surface area contributed by atoms with Crippen molar-refractivity contribution in [2.24, 2.45) is 0 Å². The first-order chi connectivity index (χ1) is 13.1. The molecule has 1 heterocycles. The Morgan fingerprint density at radius 3 is 2.81 bits per heavy atom. The predicted molar refractivity (Wildman–Crippen MR) is 110 cm³/mol. The van der Waals surface area contributed by atoms with E-state index >= 15 is 0 Å². The fourth-order valence-corrected chi connectivity index (χ4v) is 4.01. The maximum absolute atomic E-state index is 12.6. The number of benzene rings is 2. The molecule has 0 radical (unpaired) electrons. The van der Waals surface area contributed by atoms with E-state index in [2.05, 4.69) is 10.2 Å². The molecular formula is C21H26N2O3S. The summed E-state index contributed by atoms with van der Waals surface area (Å²) in [6.45, 7) is 1.27. The van der Waals surface area contributed by atoms with E-state index < -0.39 is 0 Å². The smallest absolute Gasteiger partial charge is 0.238 e. The molecular weight excluding hydrogens is 360 g/mol. The highest BCUT2D eigenvalue weighted by molar-refractivity contribution is 7.98. The van der Waals surface area contributed by atoms with E-state index in [1.54, 1.807) is 26.0 Å². The maximum Gasteiger partial charge on any atom is 0.238 e. The number of anilines is 1. The number of carbonyl (C=O) groups excluding carboxylic acids is 1. The normalized spacial score (nSPS) is 16.9. The molecule has 1 unspecified atom stereocenters. The lowest BCUT2D eigenvalue weighted by atomic mass is 10.0. The number of amides is 1. The van der Waals surface area contributed by atoms with Crippen LogP contribution in [0.3, 0.4) is 0 Å². The van der Waals surface area contributed by atoms with Crippen LogP contribution in [0.25, 0.3) is 0 Å². The summed E-state index contributed by atoms with van der Waals surface area (Å²) in [5.41, 5.74) is 1.94. The van der Waals surface area contributed by atoms with Crippen molar-refractivity contribution < 1.29 is 14.3 Å². The first-order valence-corrected chi connectivity index (χ1v) is 10.3. The van der Waals surface area contributed by atoms with E-state index in [4.69, 9.17) is 9.47 Å². The summed E-state index contributed by atoms with van der Waals surface area (Å²) in [7, 11) is 3.32. The third kappa shape index (κ3) is 4.76. The maximum atomic E-state index is 12.6. The summed E-state index contributed by atoms with van der Waals surface area (Å²) in [5, 5.41) is 3.02. The molecule has 0 aliphatic carbocycles. The Morgan fingerprint density at radius 2 is 2.07 bits per heavy atom. The summed E-state index contributed by atoms with van der Waals surface area (Å²) in [6.07, 6.45) is 4.10. The van der Waals surface area contributed by atoms with Crippen LogP contribution in [-0.2, 0) is 4.79 Å². The van der Waals surface area contributed by atoms with Crippen LogP contribution in [-0.4, -0.2) is 44.4 Å². The number of rotatable bonds is 7. The first-order valence-electron chi connectivity index (χ1n) is 9.04. The third-order valence-corrected chi connectivity index (χ3v) is 5.59. The zero-order valence-corrected chi connectivity index (χ0v) is 16.8. The van der Waals surface area contributed by atoms with Gasteiger partial charge in [0.1, 0.15) is 11.5 Å². The Kier molecular flexibility index (Phi) is 6.63. The van der Waals surface area contributed by atoms with E-state index in [0.29, 0.717) is 6.54 Å². The molecule has 2 aromatic carbocycles. The van der Waals surface area contributed by atoms with Crippen LogP contribution in [0.1, 0.15) is 24.4 Å². The Morgan fingerprint density at radius 1 is 1.22 bits per heavy atom. The van der Waals surface area contributed by atoms with Crippen LogP contribution in [0, 0.1) is 0 Å². The number of likely N-dealkylation sites (tertiary alicyclic amines) is 1. The van der Waals surface area contributed by atoms with Gasteiger partial charge in [-0.25, -0.2) is 0 Å². The third-order valence-electron chi connectivity index (χ3n) is 4.86. The van der Waals surface area contributed by atoms with Crippen molar-refractivity contribution in [2.45, 2.75) is 23.8 Å². The van der Waals surface area contributed by atoms with Crippen LogP contribution in [0.5, 0.6) is 11.5 Å². The highest BCUT2D eigenvalue weighted by Gasteiger charge is 2.29. The molecule has 1 aliphatic heterocycles. The van der Waals surface area contributed by atoms with Crippen molar-refractivity contribution >= 4 is 23.4 Å². The summed E-state index contributed by atoms with van der Waals surface area (Å²) in [4.78, 5) is 15.9. The van der Waals surface area contributed by atoms with Crippen LogP contribution in [0.15, 0.2) is 47.4 Å². The minimum absolute atomic E-state index is 0.00707. The molecule has 1 amide bonds. The van der Waals surface area contributed by atoms with E-state index in [0.717, 1.165) is 47.0 Å². The number of thioether (sulfide) groups is 1. The van der Waals surface area contributed by atoms with Crippen molar-refractivity contribution in [3.05, 3.63) is 48.0 Å². The van der Waals surface area contributed by atoms with Crippen LogP contribution in [0.4, 0.5) is 5.69 Å².